The van der Waals surface area contributed by atoms with E-state index >= 15 is 0 Å². The van der Waals surface area contributed by atoms with Crippen LogP contribution >= 0.6 is 11.3 Å². The van der Waals surface area contributed by atoms with Crippen LogP contribution in [0.5, 0.6) is 0 Å². The molecule has 0 aromatic carbocycles. The van der Waals surface area contributed by atoms with Crippen LogP contribution < -0.4 is 0 Å². The number of aldehydes is 1. The summed E-state index contributed by atoms with van der Waals surface area (Å²) >= 11 is 1.46. The Hall–Kier alpha value is -1.55. The molecule has 0 aliphatic heterocycles. The first-order valence-corrected chi connectivity index (χ1v) is 4.59. The van der Waals surface area contributed by atoms with Crippen molar-refractivity contribution in [3.63, 3.8) is 0 Å². The number of hydrogen-bond donors (Lipinski definition) is 0. The van der Waals surface area contributed by atoms with Gasteiger partial charge in [-0.05, 0) is 12.1 Å². The molecule has 2 rings (SSSR count). The standard InChI is InChI=1S/C9H6N2OS/c12-5-8-6-13-9(11-8)7-1-3-10-4-2-7/h1-6H. The van der Waals surface area contributed by atoms with Gasteiger partial charge in [0.15, 0.2) is 6.29 Å². The smallest absolute Gasteiger partial charge is 0.169 e. The summed E-state index contributed by atoms with van der Waals surface area (Å²) in [6.07, 6.45) is 4.16. The average Bonchev–Trinajstić information content (AvgIpc) is 2.67. The zero-order chi connectivity index (χ0) is 9.10. The molecule has 0 saturated carbocycles. The fourth-order valence-electron chi connectivity index (χ4n) is 0.967. The second kappa shape index (κ2) is 3.45. The maximum Gasteiger partial charge on any atom is 0.169 e. The average molecular weight is 190 g/mol. The number of nitrogens with zero attached hydrogens (tertiary/aromatic N) is 2. The molecule has 64 valence electrons. The predicted octanol–water partition coefficient (Wildman–Crippen LogP) is 2.02. The van der Waals surface area contributed by atoms with Crippen molar-refractivity contribution < 1.29 is 4.79 Å². The summed E-state index contributed by atoms with van der Waals surface area (Å²) < 4.78 is 0. The topological polar surface area (TPSA) is 42.9 Å². The molecule has 0 fully saturated rings. The Bertz CT molecular complexity index is 411. The highest BCUT2D eigenvalue weighted by Gasteiger charge is 2.02. The van der Waals surface area contributed by atoms with Gasteiger partial charge in [-0.1, -0.05) is 0 Å². The summed E-state index contributed by atoms with van der Waals surface area (Å²) in [5, 5.41) is 2.59. The molecule has 0 atom stereocenters. The van der Waals surface area contributed by atoms with E-state index in [9.17, 15) is 4.79 Å². The molecule has 3 nitrogen and oxygen atoms in total. The van der Waals surface area contributed by atoms with Gasteiger partial charge in [-0.2, -0.15) is 0 Å². The van der Waals surface area contributed by atoms with Crippen LogP contribution in [-0.4, -0.2) is 16.3 Å². The van der Waals surface area contributed by atoms with Crippen molar-refractivity contribution in [1.29, 1.82) is 0 Å². The monoisotopic (exact) mass is 190 g/mol. The summed E-state index contributed by atoms with van der Waals surface area (Å²) in [7, 11) is 0. The minimum Gasteiger partial charge on any atom is -0.296 e. The zero-order valence-corrected chi connectivity index (χ0v) is 7.49. The second-order valence-electron chi connectivity index (χ2n) is 2.43. The van der Waals surface area contributed by atoms with Crippen LogP contribution in [0.3, 0.4) is 0 Å². The zero-order valence-electron chi connectivity index (χ0n) is 6.68. The highest BCUT2D eigenvalue weighted by Crippen LogP contribution is 2.21. The van der Waals surface area contributed by atoms with Gasteiger partial charge in [-0.15, -0.1) is 11.3 Å². The molecule has 0 aliphatic rings. The van der Waals surface area contributed by atoms with Gasteiger partial charge < -0.3 is 0 Å². The van der Waals surface area contributed by atoms with Gasteiger partial charge in [-0.25, -0.2) is 4.98 Å². The molecule has 2 heterocycles. The SMILES string of the molecule is O=Cc1csc(-c2ccncc2)n1. The number of carbonyl (C=O) groups is 1. The maximum atomic E-state index is 10.4. The summed E-state index contributed by atoms with van der Waals surface area (Å²) in [5.41, 5.74) is 1.48. The fraction of sp³-hybridized carbons (Fsp3) is 0. The van der Waals surface area contributed by atoms with Crippen molar-refractivity contribution in [2.24, 2.45) is 0 Å². The van der Waals surface area contributed by atoms with Crippen molar-refractivity contribution >= 4 is 17.6 Å². The Morgan fingerprint density at radius 1 is 1.31 bits per heavy atom. The van der Waals surface area contributed by atoms with E-state index in [-0.39, 0.29) is 0 Å². The lowest BCUT2D eigenvalue weighted by molar-refractivity contribution is 0.111. The maximum absolute atomic E-state index is 10.4. The van der Waals surface area contributed by atoms with E-state index in [2.05, 4.69) is 9.97 Å². The van der Waals surface area contributed by atoms with Crippen LogP contribution in [-0.2, 0) is 0 Å². The molecule has 0 bridgehead atoms. The van der Waals surface area contributed by atoms with Crippen LogP contribution in [0.2, 0.25) is 0 Å². The molecule has 0 saturated heterocycles. The third-order valence-electron chi connectivity index (χ3n) is 1.57. The van der Waals surface area contributed by atoms with Gasteiger partial charge in [0.25, 0.3) is 0 Å². The van der Waals surface area contributed by atoms with Crippen molar-refractivity contribution in [2.75, 3.05) is 0 Å². The van der Waals surface area contributed by atoms with Gasteiger partial charge in [0.1, 0.15) is 10.7 Å². The lowest BCUT2D eigenvalue weighted by atomic mass is 10.3. The number of pyridine rings is 1. The van der Waals surface area contributed by atoms with Gasteiger partial charge in [-0.3, -0.25) is 9.78 Å². The molecule has 0 N–H and O–H groups in total. The second-order valence-corrected chi connectivity index (χ2v) is 3.29. The van der Waals surface area contributed by atoms with Crippen molar-refractivity contribution in [3.8, 4) is 10.6 Å². The molecule has 4 heteroatoms. The Morgan fingerprint density at radius 2 is 2.08 bits per heavy atom. The van der Waals surface area contributed by atoms with Gasteiger partial charge in [0, 0.05) is 23.3 Å². The largest absolute Gasteiger partial charge is 0.296 e. The van der Waals surface area contributed by atoms with Crippen LogP contribution in [0.15, 0.2) is 29.9 Å². The van der Waals surface area contributed by atoms with Gasteiger partial charge >= 0.3 is 0 Å². The first-order chi connectivity index (χ1) is 6.40. The first kappa shape index (κ1) is 8.07. The van der Waals surface area contributed by atoms with Crippen LogP contribution in [0.25, 0.3) is 10.6 Å². The number of hydrogen-bond acceptors (Lipinski definition) is 4. The molecule has 13 heavy (non-hydrogen) atoms. The lowest BCUT2D eigenvalue weighted by Crippen LogP contribution is -1.80. The van der Waals surface area contributed by atoms with E-state index in [4.69, 9.17) is 0 Å². The number of aromatic nitrogens is 2. The van der Waals surface area contributed by atoms with Crippen LogP contribution in [0.1, 0.15) is 10.5 Å². The van der Waals surface area contributed by atoms with Gasteiger partial charge in [0.2, 0.25) is 0 Å². The summed E-state index contributed by atoms with van der Waals surface area (Å²) in [6.45, 7) is 0. The number of carbonyl (C=O) groups excluding carboxylic acids is 1. The van der Waals surface area contributed by atoms with Crippen molar-refractivity contribution in [3.05, 3.63) is 35.6 Å². The third-order valence-corrected chi connectivity index (χ3v) is 2.48. The number of thiazole rings is 1. The van der Waals surface area contributed by atoms with Crippen LogP contribution in [0, 0.1) is 0 Å². The molecule has 0 aliphatic carbocycles. The third kappa shape index (κ3) is 1.62. The minimum absolute atomic E-state index is 0.483. The molecule has 0 radical (unpaired) electrons. The number of rotatable bonds is 2. The molecular formula is C9H6N2OS. The molecule has 2 aromatic rings. The summed E-state index contributed by atoms with van der Waals surface area (Å²) in [6, 6.07) is 3.74. The van der Waals surface area contributed by atoms with Crippen LogP contribution in [0.4, 0.5) is 0 Å². The Morgan fingerprint density at radius 3 is 2.69 bits per heavy atom. The molecule has 0 spiro atoms. The fourth-order valence-corrected chi connectivity index (χ4v) is 1.74. The Kier molecular flexibility index (Phi) is 2.14. The molecule has 2 aromatic heterocycles. The summed E-state index contributed by atoms with van der Waals surface area (Å²) in [5.74, 6) is 0. The van der Waals surface area contributed by atoms with E-state index < -0.39 is 0 Å². The summed E-state index contributed by atoms with van der Waals surface area (Å²) in [4.78, 5) is 18.4. The predicted molar refractivity (Wildman–Crippen MR) is 50.7 cm³/mol. The highest BCUT2D eigenvalue weighted by molar-refractivity contribution is 7.13. The Labute approximate surface area is 79.1 Å². The van der Waals surface area contributed by atoms with Gasteiger partial charge in [0.05, 0.1) is 0 Å². The normalized spacial score (nSPS) is 9.85. The first-order valence-electron chi connectivity index (χ1n) is 3.71. The van der Waals surface area contributed by atoms with E-state index in [1.54, 1.807) is 17.8 Å². The molecular weight excluding hydrogens is 184 g/mol. The van der Waals surface area contributed by atoms with Crippen molar-refractivity contribution in [2.45, 2.75) is 0 Å². The van der Waals surface area contributed by atoms with E-state index in [0.717, 1.165) is 16.9 Å². The van der Waals surface area contributed by atoms with Crippen molar-refractivity contribution in [1.82, 2.24) is 9.97 Å². The van der Waals surface area contributed by atoms with E-state index in [1.165, 1.54) is 11.3 Å². The highest BCUT2D eigenvalue weighted by atomic mass is 32.1. The van der Waals surface area contributed by atoms with E-state index in [0.29, 0.717) is 5.69 Å². The molecule has 0 amide bonds. The van der Waals surface area contributed by atoms with E-state index in [1.807, 2.05) is 12.1 Å². The molecule has 0 unspecified atom stereocenters. The quantitative estimate of drug-likeness (QED) is 0.680. The lowest BCUT2D eigenvalue weighted by Gasteiger charge is -1.91. The minimum atomic E-state index is 0.483. The Balaban J connectivity index is 2.41.